The zero-order valence-electron chi connectivity index (χ0n) is 12.1. The van der Waals surface area contributed by atoms with Crippen molar-refractivity contribution in [3.63, 3.8) is 0 Å². The van der Waals surface area contributed by atoms with Crippen molar-refractivity contribution in [3.05, 3.63) is 76.3 Å². The molecule has 0 unspecified atom stereocenters. The highest BCUT2D eigenvalue weighted by atomic mass is 79.9. The molecule has 0 aliphatic rings. The first kappa shape index (κ1) is 14.0. The van der Waals surface area contributed by atoms with Gasteiger partial charge in [0, 0.05) is 15.6 Å². The van der Waals surface area contributed by atoms with Crippen molar-refractivity contribution < 1.29 is 0 Å². The quantitative estimate of drug-likeness (QED) is 0.576. The summed E-state index contributed by atoms with van der Waals surface area (Å²) in [6.45, 7) is 4.20. The first-order valence-corrected chi connectivity index (χ1v) is 7.73. The molecule has 0 N–H and O–H groups in total. The van der Waals surface area contributed by atoms with Crippen LogP contribution in [-0.2, 0) is 0 Å². The van der Waals surface area contributed by atoms with E-state index in [1.807, 2.05) is 0 Å². The van der Waals surface area contributed by atoms with E-state index >= 15 is 0 Å². The van der Waals surface area contributed by atoms with Crippen LogP contribution in [0.25, 0.3) is 22.5 Å². The maximum Gasteiger partial charge on any atom is 0.0738 e. The summed E-state index contributed by atoms with van der Waals surface area (Å²) in [6, 6.07) is 21.0. The summed E-state index contributed by atoms with van der Waals surface area (Å²) in [5.41, 5.74) is 6.80. The number of hydrogen-bond donors (Lipinski definition) is 0. The third-order valence-corrected chi connectivity index (χ3v) is 4.09. The molecule has 3 rings (SSSR count). The zero-order valence-corrected chi connectivity index (χ0v) is 13.7. The van der Waals surface area contributed by atoms with Crippen LogP contribution in [-0.4, -0.2) is 4.98 Å². The molecule has 0 aliphatic heterocycles. The number of halogens is 1. The largest absolute Gasteiger partial charge is 0.248 e. The van der Waals surface area contributed by atoms with E-state index in [0.717, 1.165) is 27.0 Å². The molecule has 0 fully saturated rings. The third-order valence-electron chi connectivity index (χ3n) is 3.56. The van der Waals surface area contributed by atoms with Crippen molar-refractivity contribution in [3.8, 4) is 22.5 Å². The molecule has 0 spiro atoms. The van der Waals surface area contributed by atoms with Gasteiger partial charge >= 0.3 is 0 Å². The van der Waals surface area contributed by atoms with Gasteiger partial charge in [-0.2, -0.15) is 0 Å². The predicted octanol–water partition coefficient (Wildman–Crippen LogP) is 5.79. The topological polar surface area (TPSA) is 12.9 Å². The van der Waals surface area contributed by atoms with Gasteiger partial charge in [0.1, 0.15) is 0 Å². The van der Waals surface area contributed by atoms with Crippen LogP contribution in [0.3, 0.4) is 0 Å². The standard InChI is InChI=1S/C19H16BrN/c1-13-3-6-15(7-4-13)18-12-5-14(2)19(21-18)16-8-10-17(20)11-9-16/h3-12H,1-2H3. The van der Waals surface area contributed by atoms with Gasteiger partial charge in [0.2, 0.25) is 0 Å². The van der Waals surface area contributed by atoms with E-state index in [1.165, 1.54) is 11.1 Å². The summed E-state index contributed by atoms with van der Waals surface area (Å²) >= 11 is 3.47. The SMILES string of the molecule is Cc1ccc(-c2ccc(C)c(-c3ccc(Br)cc3)n2)cc1. The molecule has 1 nitrogen and oxygen atoms in total. The number of nitrogens with zero attached hydrogens (tertiary/aromatic N) is 1. The normalized spacial score (nSPS) is 10.6. The maximum absolute atomic E-state index is 4.86. The van der Waals surface area contributed by atoms with E-state index < -0.39 is 0 Å². The lowest BCUT2D eigenvalue weighted by Gasteiger charge is -2.09. The summed E-state index contributed by atoms with van der Waals surface area (Å²) in [5.74, 6) is 0. The van der Waals surface area contributed by atoms with Crippen LogP contribution in [0.1, 0.15) is 11.1 Å². The molecule has 0 saturated heterocycles. The fourth-order valence-corrected chi connectivity index (χ4v) is 2.58. The molecule has 1 heterocycles. The molecule has 2 heteroatoms. The molecule has 1 aromatic heterocycles. The van der Waals surface area contributed by atoms with Crippen molar-refractivity contribution >= 4 is 15.9 Å². The monoisotopic (exact) mass is 337 g/mol. The van der Waals surface area contributed by atoms with E-state index in [4.69, 9.17) is 4.98 Å². The van der Waals surface area contributed by atoms with Crippen LogP contribution in [0.2, 0.25) is 0 Å². The number of aryl methyl sites for hydroxylation is 2. The lowest BCUT2D eigenvalue weighted by molar-refractivity contribution is 1.27. The molecular weight excluding hydrogens is 322 g/mol. The Hall–Kier alpha value is -1.93. The van der Waals surface area contributed by atoms with E-state index in [9.17, 15) is 0 Å². The second-order valence-electron chi connectivity index (χ2n) is 5.23. The molecule has 104 valence electrons. The summed E-state index contributed by atoms with van der Waals surface area (Å²) < 4.78 is 1.08. The van der Waals surface area contributed by atoms with Crippen molar-refractivity contribution in [2.75, 3.05) is 0 Å². The Morgan fingerprint density at radius 1 is 0.714 bits per heavy atom. The van der Waals surface area contributed by atoms with E-state index in [1.54, 1.807) is 0 Å². The second-order valence-corrected chi connectivity index (χ2v) is 6.15. The number of hydrogen-bond acceptors (Lipinski definition) is 1. The Labute approximate surface area is 133 Å². The molecule has 0 aliphatic carbocycles. The number of rotatable bonds is 2. The van der Waals surface area contributed by atoms with Crippen molar-refractivity contribution in [1.82, 2.24) is 4.98 Å². The number of benzene rings is 2. The van der Waals surface area contributed by atoms with Gasteiger partial charge in [-0.15, -0.1) is 0 Å². The van der Waals surface area contributed by atoms with Gasteiger partial charge in [0.15, 0.2) is 0 Å². The maximum atomic E-state index is 4.86. The minimum absolute atomic E-state index is 1.01. The molecule has 3 aromatic rings. The highest BCUT2D eigenvalue weighted by Gasteiger charge is 2.07. The number of aromatic nitrogens is 1. The summed E-state index contributed by atoms with van der Waals surface area (Å²) in [4.78, 5) is 4.86. The fraction of sp³-hybridized carbons (Fsp3) is 0.105. The molecule has 0 bridgehead atoms. The first-order valence-electron chi connectivity index (χ1n) is 6.94. The van der Waals surface area contributed by atoms with Crippen LogP contribution in [0.15, 0.2) is 65.1 Å². The predicted molar refractivity (Wildman–Crippen MR) is 92.3 cm³/mol. The van der Waals surface area contributed by atoms with E-state index in [2.05, 4.69) is 90.4 Å². The second kappa shape index (κ2) is 5.82. The summed E-state index contributed by atoms with van der Waals surface area (Å²) in [7, 11) is 0. The lowest BCUT2D eigenvalue weighted by atomic mass is 10.0. The molecule has 2 aromatic carbocycles. The van der Waals surface area contributed by atoms with Crippen LogP contribution in [0.4, 0.5) is 0 Å². The Morgan fingerprint density at radius 2 is 1.33 bits per heavy atom. The average molecular weight is 338 g/mol. The Kier molecular flexibility index (Phi) is 3.89. The van der Waals surface area contributed by atoms with Gasteiger partial charge in [-0.25, -0.2) is 4.98 Å². The van der Waals surface area contributed by atoms with Gasteiger partial charge in [-0.05, 0) is 37.6 Å². The van der Waals surface area contributed by atoms with Crippen LogP contribution in [0.5, 0.6) is 0 Å². The zero-order chi connectivity index (χ0) is 14.8. The lowest BCUT2D eigenvalue weighted by Crippen LogP contribution is -1.91. The van der Waals surface area contributed by atoms with Gasteiger partial charge in [-0.3, -0.25) is 0 Å². The Balaban J connectivity index is 2.07. The van der Waals surface area contributed by atoms with Crippen molar-refractivity contribution in [2.45, 2.75) is 13.8 Å². The van der Waals surface area contributed by atoms with Crippen LogP contribution < -0.4 is 0 Å². The third kappa shape index (κ3) is 3.06. The van der Waals surface area contributed by atoms with Gasteiger partial charge in [0.05, 0.1) is 11.4 Å². The van der Waals surface area contributed by atoms with Crippen LogP contribution >= 0.6 is 15.9 Å². The molecular formula is C19H16BrN. The number of pyridine rings is 1. The Morgan fingerprint density at radius 3 is 2.00 bits per heavy atom. The van der Waals surface area contributed by atoms with Gasteiger partial charge < -0.3 is 0 Å². The molecule has 0 radical (unpaired) electrons. The Bertz CT molecular complexity index is 759. The van der Waals surface area contributed by atoms with Crippen molar-refractivity contribution in [2.24, 2.45) is 0 Å². The average Bonchev–Trinajstić information content (AvgIpc) is 2.50. The van der Waals surface area contributed by atoms with Gasteiger partial charge in [0.25, 0.3) is 0 Å². The highest BCUT2D eigenvalue weighted by molar-refractivity contribution is 9.10. The minimum atomic E-state index is 1.01. The van der Waals surface area contributed by atoms with Crippen molar-refractivity contribution in [1.29, 1.82) is 0 Å². The van der Waals surface area contributed by atoms with Crippen LogP contribution in [0, 0.1) is 13.8 Å². The van der Waals surface area contributed by atoms with E-state index in [-0.39, 0.29) is 0 Å². The fourth-order valence-electron chi connectivity index (χ4n) is 2.31. The molecule has 21 heavy (non-hydrogen) atoms. The van der Waals surface area contributed by atoms with Gasteiger partial charge in [-0.1, -0.05) is 64.0 Å². The highest BCUT2D eigenvalue weighted by Crippen LogP contribution is 2.27. The molecule has 0 saturated carbocycles. The summed E-state index contributed by atoms with van der Waals surface area (Å²) in [6.07, 6.45) is 0. The summed E-state index contributed by atoms with van der Waals surface area (Å²) in [5, 5.41) is 0. The minimum Gasteiger partial charge on any atom is -0.248 e. The molecule has 0 atom stereocenters. The van der Waals surface area contributed by atoms with E-state index in [0.29, 0.717) is 0 Å². The molecule has 0 amide bonds. The smallest absolute Gasteiger partial charge is 0.0738 e. The first-order chi connectivity index (χ1) is 10.1.